The van der Waals surface area contributed by atoms with Gasteiger partial charge in [-0.25, -0.2) is 0 Å². The molecule has 1 atom stereocenters. The van der Waals surface area contributed by atoms with Crippen LogP contribution in [0.15, 0.2) is 0 Å². The van der Waals surface area contributed by atoms with Gasteiger partial charge in [0.25, 0.3) is 0 Å². The van der Waals surface area contributed by atoms with Gasteiger partial charge < -0.3 is 5.11 Å². The number of aliphatic carboxylic acids is 1. The summed E-state index contributed by atoms with van der Waals surface area (Å²) in [5, 5.41) is 9.07. The number of nitrogens with zero attached hydrogens (tertiary/aromatic N) is 1. The van der Waals surface area contributed by atoms with Crippen LogP contribution in [0.1, 0.15) is 65.2 Å². The van der Waals surface area contributed by atoms with Crippen molar-refractivity contribution in [3.8, 4) is 0 Å². The lowest BCUT2D eigenvalue weighted by molar-refractivity contribution is -0.139. The van der Waals surface area contributed by atoms with Crippen molar-refractivity contribution >= 4 is 5.97 Å². The van der Waals surface area contributed by atoms with E-state index in [1.165, 1.54) is 38.5 Å². The monoisotopic (exact) mass is 267 g/mol. The predicted octanol–water partition coefficient (Wildman–Crippen LogP) is 3.53. The number of piperidine rings is 1. The molecule has 1 saturated heterocycles. The Kier molecular flexibility index (Phi) is 5.26. The number of hydrogen-bond acceptors (Lipinski definition) is 2. The van der Waals surface area contributed by atoms with Crippen LogP contribution in [0.3, 0.4) is 0 Å². The first-order valence-corrected chi connectivity index (χ1v) is 8.05. The van der Waals surface area contributed by atoms with E-state index in [2.05, 4.69) is 18.7 Å². The number of rotatable bonds is 4. The van der Waals surface area contributed by atoms with Crippen LogP contribution >= 0.6 is 0 Å². The summed E-state index contributed by atoms with van der Waals surface area (Å²) in [5.74, 6) is 1.06. The first-order valence-electron chi connectivity index (χ1n) is 8.05. The third kappa shape index (κ3) is 3.95. The molecule has 0 spiro atoms. The van der Waals surface area contributed by atoms with E-state index in [4.69, 9.17) is 5.11 Å². The topological polar surface area (TPSA) is 40.5 Å². The molecule has 3 heteroatoms. The van der Waals surface area contributed by atoms with E-state index < -0.39 is 5.97 Å². The van der Waals surface area contributed by atoms with Crippen molar-refractivity contribution in [2.75, 3.05) is 6.54 Å². The lowest BCUT2D eigenvalue weighted by Gasteiger charge is -2.44. The van der Waals surface area contributed by atoms with Crippen molar-refractivity contribution in [2.24, 2.45) is 11.8 Å². The van der Waals surface area contributed by atoms with E-state index in [1.54, 1.807) is 0 Å². The molecule has 0 aromatic heterocycles. The van der Waals surface area contributed by atoms with Gasteiger partial charge in [0.15, 0.2) is 0 Å². The highest BCUT2D eigenvalue weighted by molar-refractivity contribution is 5.67. The maximum atomic E-state index is 11.0. The lowest BCUT2D eigenvalue weighted by Crippen LogP contribution is -2.48. The molecule has 0 bridgehead atoms. The molecular formula is C16H29NO2. The summed E-state index contributed by atoms with van der Waals surface area (Å²) in [6, 6.07) is 0.950. The molecule has 2 aliphatic rings. The Hall–Kier alpha value is -0.570. The molecule has 1 heterocycles. The van der Waals surface area contributed by atoms with Crippen molar-refractivity contribution < 1.29 is 9.90 Å². The first kappa shape index (κ1) is 14.8. The summed E-state index contributed by atoms with van der Waals surface area (Å²) in [6.45, 7) is 5.78. The van der Waals surface area contributed by atoms with Gasteiger partial charge in [-0.15, -0.1) is 0 Å². The fraction of sp³-hybridized carbons (Fsp3) is 0.938. The van der Waals surface area contributed by atoms with Gasteiger partial charge in [-0.3, -0.25) is 9.69 Å². The molecule has 1 unspecified atom stereocenters. The SMILES string of the molecule is CC(C)C1CCC(N2CCCCC2CC(=O)O)CC1. The zero-order valence-electron chi connectivity index (χ0n) is 12.5. The van der Waals surface area contributed by atoms with Crippen LogP contribution < -0.4 is 0 Å². The molecule has 2 rings (SSSR count). The highest BCUT2D eigenvalue weighted by Crippen LogP contribution is 2.35. The fourth-order valence-electron chi connectivity index (χ4n) is 4.02. The van der Waals surface area contributed by atoms with Gasteiger partial charge in [-0.1, -0.05) is 20.3 Å². The fourth-order valence-corrected chi connectivity index (χ4v) is 4.02. The molecule has 0 radical (unpaired) electrons. The molecule has 0 amide bonds. The van der Waals surface area contributed by atoms with Gasteiger partial charge in [0.05, 0.1) is 6.42 Å². The first-order chi connectivity index (χ1) is 9.08. The summed E-state index contributed by atoms with van der Waals surface area (Å²) in [4.78, 5) is 13.5. The van der Waals surface area contributed by atoms with Gasteiger partial charge >= 0.3 is 5.97 Å². The zero-order chi connectivity index (χ0) is 13.8. The molecule has 110 valence electrons. The van der Waals surface area contributed by atoms with Crippen molar-refractivity contribution in [2.45, 2.75) is 77.3 Å². The second-order valence-electron chi connectivity index (χ2n) is 6.80. The average molecular weight is 267 g/mol. The molecule has 3 nitrogen and oxygen atoms in total. The Morgan fingerprint density at radius 2 is 1.84 bits per heavy atom. The van der Waals surface area contributed by atoms with Crippen molar-refractivity contribution in [3.05, 3.63) is 0 Å². The molecule has 1 N–H and O–H groups in total. The van der Waals surface area contributed by atoms with Crippen molar-refractivity contribution in [1.82, 2.24) is 4.90 Å². The van der Waals surface area contributed by atoms with E-state index in [-0.39, 0.29) is 0 Å². The van der Waals surface area contributed by atoms with Crippen LogP contribution in [0.5, 0.6) is 0 Å². The van der Waals surface area contributed by atoms with Crippen LogP contribution in [0.2, 0.25) is 0 Å². The minimum atomic E-state index is -0.632. The van der Waals surface area contributed by atoms with Gasteiger partial charge in [-0.2, -0.15) is 0 Å². The summed E-state index contributed by atoms with van der Waals surface area (Å²) in [7, 11) is 0. The molecule has 1 saturated carbocycles. The quantitative estimate of drug-likeness (QED) is 0.847. The minimum Gasteiger partial charge on any atom is -0.481 e. The van der Waals surface area contributed by atoms with E-state index >= 15 is 0 Å². The zero-order valence-corrected chi connectivity index (χ0v) is 12.5. The standard InChI is InChI=1S/C16H29NO2/c1-12(2)13-6-8-14(9-7-13)17-10-4-3-5-15(17)11-16(18)19/h12-15H,3-11H2,1-2H3,(H,18,19). The van der Waals surface area contributed by atoms with Crippen LogP contribution in [0.25, 0.3) is 0 Å². The molecular weight excluding hydrogens is 238 g/mol. The molecule has 0 aromatic rings. The molecule has 1 aliphatic heterocycles. The summed E-state index contributed by atoms with van der Waals surface area (Å²) >= 11 is 0. The Morgan fingerprint density at radius 1 is 1.16 bits per heavy atom. The molecule has 0 aromatic carbocycles. The predicted molar refractivity (Wildman–Crippen MR) is 77.2 cm³/mol. The smallest absolute Gasteiger partial charge is 0.304 e. The third-order valence-corrected chi connectivity index (χ3v) is 5.24. The van der Waals surface area contributed by atoms with Crippen LogP contribution in [0, 0.1) is 11.8 Å². The van der Waals surface area contributed by atoms with Crippen molar-refractivity contribution in [3.63, 3.8) is 0 Å². The number of likely N-dealkylation sites (tertiary alicyclic amines) is 1. The number of carboxylic acids is 1. The summed E-state index contributed by atoms with van der Waals surface area (Å²) in [6.07, 6.45) is 9.09. The van der Waals surface area contributed by atoms with Crippen LogP contribution in [0.4, 0.5) is 0 Å². The van der Waals surface area contributed by atoms with Crippen molar-refractivity contribution in [1.29, 1.82) is 0 Å². The summed E-state index contributed by atoms with van der Waals surface area (Å²) < 4.78 is 0. The molecule has 2 fully saturated rings. The van der Waals surface area contributed by atoms with E-state index in [0.717, 1.165) is 24.8 Å². The van der Waals surface area contributed by atoms with E-state index in [9.17, 15) is 4.79 Å². The third-order valence-electron chi connectivity index (χ3n) is 5.24. The largest absolute Gasteiger partial charge is 0.481 e. The number of carboxylic acid groups (broad SMARTS) is 1. The average Bonchev–Trinajstić information content (AvgIpc) is 2.39. The van der Waals surface area contributed by atoms with Crippen LogP contribution in [-0.2, 0) is 4.79 Å². The molecule has 19 heavy (non-hydrogen) atoms. The van der Waals surface area contributed by atoms with Gasteiger partial charge in [0.1, 0.15) is 0 Å². The summed E-state index contributed by atoms with van der Waals surface area (Å²) in [5.41, 5.74) is 0. The van der Waals surface area contributed by atoms with Gasteiger partial charge in [-0.05, 0) is 56.9 Å². The molecule has 1 aliphatic carbocycles. The Balaban J connectivity index is 1.90. The Morgan fingerprint density at radius 3 is 2.42 bits per heavy atom. The second-order valence-corrected chi connectivity index (χ2v) is 6.80. The minimum absolute atomic E-state index is 0.298. The van der Waals surface area contributed by atoms with Gasteiger partial charge in [0.2, 0.25) is 0 Å². The highest BCUT2D eigenvalue weighted by atomic mass is 16.4. The van der Waals surface area contributed by atoms with Crippen LogP contribution in [-0.4, -0.2) is 34.6 Å². The van der Waals surface area contributed by atoms with Gasteiger partial charge in [0, 0.05) is 12.1 Å². The lowest BCUT2D eigenvalue weighted by atomic mass is 9.78. The van der Waals surface area contributed by atoms with E-state index in [1.807, 2.05) is 0 Å². The maximum Gasteiger partial charge on any atom is 0.304 e. The second kappa shape index (κ2) is 6.74. The van der Waals surface area contributed by atoms with E-state index in [0.29, 0.717) is 18.5 Å². The maximum absolute atomic E-state index is 11.0. The number of carbonyl (C=O) groups is 1. The number of hydrogen-bond donors (Lipinski definition) is 1. The Labute approximate surface area is 117 Å². The normalized spacial score (nSPS) is 33.5. The Bertz CT molecular complexity index is 295. The highest BCUT2D eigenvalue weighted by Gasteiger charge is 2.33.